The van der Waals surface area contributed by atoms with Gasteiger partial charge in [-0.25, -0.2) is 0 Å². The van der Waals surface area contributed by atoms with Gasteiger partial charge in [0.2, 0.25) is 0 Å². The molecule has 3 nitrogen and oxygen atoms in total. The van der Waals surface area contributed by atoms with Crippen LogP contribution in [0.5, 0.6) is 5.75 Å². The molecule has 2 aromatic rings. The van der Waals surface area contributed by atoms with E-state index in [1.165, 1.54) is 0 Å². The summed E-state index contributed by atoms with van der Waals surface area (Å²) in [5.41, 5.74) is 1.91. The smallest absolute Gasteiger partial charge is 0.311 e. The van der Waals surface area contributed by atoms with E-state index in [2.05, 4.69) is 0 Å². The number of hydrogen-bond donors (Lipinski definition) is 1. The second-order valence-electron chi connectivity index (χ2n) is 5.40. The van der Waals surface area contributed by atoms with Crippen LogP contribution in [-0.4, -0.2) is 11.1 Å². The Morgan fingerprint density at radius 2 is 1.67 bits per heavy atom. The number of aliphatic carboxylic acids is 1. The van der Waals surface area contributed by atoms with E-state index in [-0.39, 0.29) is 5.92 Å². The summed E-state index contributed by atoms with van der Waals surface area (Å²) >= 11 is 0. The number of hydrogen-bond acceptors (Lipinski definition) is 2. The second-order valence-corrected chi connectivity index (χ2v) is 5.40. The van der Waals surface area contributed by atoms with Gasteiger partial charge in [0.1, 0.15) is 12.4 Å². The van der Waals surface area contributed by atoms with Crippen LogP contribution in [-0.2, 0) is 11.4 Å². The Kier molecular flexibility index (Phi) is 4.99. The number of benzene rings is 2. The highest BCUT2D eigenvalue weighted by atomic mass is 16.5. The molecule has 0 bridgehead atoms. The second kappa shape index (κ2) is 6.93. The Morgan fingerprint density at radius 3 is 2.19 bits per heavy atom. The van der Waals surface area contributed by atoms with Crippen molar-refractivity contribution in [3.63, 3.8) is 0 Å². The molecule has 1 atom stereocenters. The molecule has 0 radical (unpaired) electrons. The van der Waals surface area contributed by atoms with Crippen molar-refractivity contribution in [2.24, 2.45) is 5.92 Å². The van der Waals surface area contributed by atoms with Crippen LogP contribution in [0, 0.1) is 5.92 Å². The van der Waals surface area contributed by atoms with Crippen LogP contribution < -0.4 is 4.74 Å². The zero-order valence-corrected chi connectivity index (χ0v) is 12.3. The maximum atomic E-state index is 11.3. The van der Waals surface area contributed by atoms with E-state index < -0.39 is 11.9 Å². The monoisotopic (exact) mass is 284 g/mol. The molecule has 0 aliphatic heterocycles. The van der Waals surface area contributed by atoms with Gasteiger partial charge in [-0.05, 0) is 29.2 Å². The summed E-state index contributed by atoms with van der Waals surface area (Å²) in [6, 6.07) is 17.3. The third kappa shape index (κ3) is 4.09. The fourth-order valence-electron chi connectivity index (χ4n) is 2.32. The Balaban J connectivity index is 2.03. The van der Waals surface area contributed by atoms with Crippen LogP contribution >= 0.6 is 0 Å². The Labute approximate surface area is 125 Å². The van der Waals surface area contributed by atoms with E-state index in [1.807, 2.05) is 68.4 Å². The van der Waals surface area contributed by atoms with Crippen molar-refractivity contribution < 1.29 is 14.6 Å². The SMILES string of the molecule is CC(C)[C@H](C(=O)O)c1ccc(OCc2ccccc2)cc1. The predicted octanol–water partition coefficient (Wildman–Crippen LogP) is 4.09. The molecule has 0 amide bonds. The van der Waals surface area contributed by atoms with Gasteiger partial charge in [0.15, 0.2) is 0 Å². The lowest BCUT2D eigenvalue weighted by Gasteiger charge is -2.17. The van der Waals surface area contributed by atoms with Gasteiger partial charge in [-0.2, -0.15) is 0 Å². The average Bonchev–Trinajstić information content (AvgIpc) is 2.47. The summed E-state index contributed by atoms with van der Waals surface area (Å²) in [4.78, 5) is 11.3. The minimum atomic E-state index is -0.789. The van der Waals surface area contributed by atoms with E-state index in [0.29, 0.717) is 6.61 Å². The van der Waals surface area contributed by atoms with Crippen molar-refractivity contribution >= 4 is 5.97 Å². The molecule has 110 valence electrons. The third-order valence-corrected chi connectivity index (χ3v) is 3.42. The van der Waals surface area contributed by atoms with E-state index in [9.17, 15) is 9.90 Å². The molecule has 0 spiro atoms. The largest absolute Gasteiger partial charge is 0.489 e. The van der Waals surface area contributed by atoms with E-state index in [0.717, 1.165) is 16.9 Å². The average molecular weight is 284 g/mol. The molecule has 1 N–H and O–H groups in total. The Bertz CT molecular complexity index is 573. The van der Waals surface area contributed by atoms with Gasteiger partial charge in [0.05, 0.1) is 5.92 Å². The van der Waals surface area contributed by atoms with E-state index >= 15 is 0 Å². The van der Waals surface area contributed by atoms with Gasteiger partial charge < -0.3 is 9.84 Å². The topological polar surface area (TPSA) is 46.5 Å². The minimum Gasteiger partial charge on any atom is -0.489 e. The van der Waals surface area contributed by atoms with Gasteiger partial charge >= 0.3 is 5.97 Å². The van der Waals surface area contributed by atoms with Gasteiger partial charge in [-0.1, -0.05) is 56.3 Å². The van der Waals surface area contributed by atoms with Crippen molar-refractivity contribution in [3.8, 4) is 5.75 Å². The number of ether oxygens (including phenoxy) is 1. The fourth-order valence-corrected chi connectivity index (χ4v) is 2.32. The molecule has 0 heterocycles. The number of carbonyl (C=O) groups is 1. The minimum absolute atomic E-state index is 0.0542. The first-order chi connectivity index (χ1) is 10.1. The quantitative estimate of drug-likeness (QED) is 0.869. The molecule has 0 unspecified atom stereocenters. The van der Waals surface area contributed by atoms with Gasteiger partial charge in [-0.3, -0.25) is 4.79 Å². The first-order valence-electron chi connectivity index (χ1n) is 7.07. The standard InChI is InChI=1S/C18H20O3/c1-13(2)17(18(19)20)15-8-10-16(11-9-15)21-12-14-6-4-3-5-7-14/h3-11,13,17H,12H2,1-2H3,(H,19,20)/t17-/m0/s1. The molecule has 0 aliphatic carbocycles. The van der Waals surface area contributed by atoms with Gasteiger partial charge in [-0.15, -0.1) is 0 Å². The Morgan fingerprint density at radius 1 is 1.05 bits per heavy atom. The summed E-state index contributed by atoms with van der Waals surface area (Å²) in [5, 5.41) is 9.29. The highest BCUT2D eigenvalue weighted by molar-refractivity contribution is 5.76. The summed E-state index contributed by atoms with van der Waals surface area (Å²) < 4.78 is 5.70. The summed E-state index contributed by atoms with van der Waals surface area (Å²) in [7, 11) is 0. The predicted molar refractivity (Wildman–Crippen MR) is 82.4 cm³/mol. The van der Waals surface area contributed by atoms with Gasteiger partial charge in [0.25, 0.3) is 0 Å². The van der Waals surface area contributed by atoms with Crippen LogP contribution in [0.15, 0.2) is 54.6 Å². The highest BCUT2D eigenvalue weighted by Gasteiger charge is 2.23. The lowest BCUT2D eigenvalue weighted by Crippen LogP contribution is -2.17. The molecule has 0 saturated heterocycles. The Hall–Kier alpha value is -2.29. The maximum Gasteiger partial charge on any atom is 0.311 e. The van der Waals surface area contributed by atoms with Crippen molar-refractivity contribution in [1.29, 1.82) is 0 Å². The molecule has 0 aliphatic rings. The molecule has 0 aromatic heterocycles. The zero-order chi connectivity index (χ0) is 15.2. The summed E-state index contributed by atoms with van der Waals surface area (Å²) in [6.07, 6.45) is 0. The lowest BCUT2D eigenvalue weighted by molar-refractivity contribution is -0.139. The van der Waals surface area contributed by atoms with Crippen LogP contribution in [0.1, 0.15) is 30.9 Å². The molecule has 21 heavy (non-hydrogen) atoms. The lowest BCUT2D eigenvalue weighted by atomic mass is 9.88. The fraction of sp³-hybridized carbons (Fsp3) is 0.278. The third-order valence-electron chi connectivity index (χ3n) is 3.42. The van der Waals surface area contributed by atoms with Crippen LogP contribution in [0.4, 0.5) is 0 Å². The maximum absolute atomic E-state index is 11.3. The van der Waals surface area contributed by atoms with Crippen molar-refractivity contribution in [1.82, 2.24) is 0 Å². The number of rotatable bonds is 6. The summed E-state index contributed by atoms with van der Waals surface area (Å²) in [5.74, 6) is -0.467. The summed E-state index contributed by atoms with van der Waals surface area (Å²) in [6.45, 7) is 4.34. The molecular weight excluding hydrogens is 264 g/mol. The number of carboxylic acids is 1. The van der Waals surface area contributed by atoms with E-state index in [1.54, 1.807) is 0 Å². The first-order valence-corrected chi connectivity index (χ1v) is 7.07. The molecule has 2 rings (SSSR count). The van der Waals surface area contributed by atoms with Crippen LogP contribution in [0.2, 0.25) is 0 Å². The molecule has 2 aromatic carbocycles. The van der Waals surface area contributed by atoms with Gasteiger partial charge in [0, 0.05) is 0 Å². The normalized spacial score (nSPS) is 12.1. The molecular formula is C18H20O3. The van der Waals surface area contributed by atoms with Crippen molar-refractivity contribution in [2.75, 3.05) is 0 Å². The zero-order valence-electron chi connectivity index (χ0n) is 12.3. The number of carboxylic acid groups (broad SMARTS) is 1. The van der Waals surface area contributed by atoms with E-state index in [4.69, 9.17) is 4.74 Å². The van der Waals surface area contributed by atoms with Crippen LogP contribution in [0.3, 0.4) is 0 Å². The van der Waals surface area contributed by atoms with Crippen molar-refractivity contribution in [3.05, 3.63) is 65.7 Å². The van der Waals surface area contributed by atoms with Crippen molar-refractivity contribution in [2.45, 2.75) is 26.4 Å². The molecule has 3 heteroatoms. The molecule has 0 fully saturated rings. The first kappa shape index (κ1) is 15.1. The van der Waals surface area contributed by atoms with Crippen LogP contribution in [0.25, 0.3) is 0 Å². The molecule has 0 saturated carbocycles. The highest BCUT2D eigenvalue weighted by Crippen LogP contribution is 2.26.